The molecule has 1 saturated heterocycles. The van der Waals surface area contributed by atoms with Gasteiger partial charge in [-0.1, -0.05) is 66.7 Å². The lowest BCUT2D eigenvalue weighted by Gasteiger charge is -2.33. The number of hydrogen-bond acceptors (Lipinski definition) is 3. The van der Waals surface area contributed by atoms with Crippen LogP contribution in [0.15, 0.2) is 84.9 Å². The molecule has 0 spiro atoms. The molecule has 0 bridgehead atoms. The maximum Gasteiger partial charge on any atom is 0.319 e. The summed E-state index contributed by atoms with van der Waals surface area (Å²) in [5, 5.41) is 6.12. The first kappa shape index (κ1) is 23.8. The van der Waals surface area contributed by atoms with Gasteiger partial charge in [-0.25, -0.2) is 4.79 Å². The highest BCUT2D eigenvalue weighted by molar-refractivity contribution is 5.89. The Hall–Kier alpha value is -3.31. The fourth-order valence-corrected chi connectivity index (χ4v) is 4.71. The molecule has 1 atom stereocenters. The summed E-state index contributed by atoms with van der Waals surface area (Å²) in [6.07, 6.45) is 4.51. The zero-order valence-electron chi connectivity index (χ0n) is 20.0. The van der Waals surface area contributed by atoms with Crippen LogP contribution in [0.5, 0.6) is 5.75 Å². The SMILES string of the molecule is COc1cccc(NC(=O)NC(CCN2CCC(Cc3ccccc3)CC2)c2ccccc2)c1. The number of hydrogen-bond donors (Lipinski definition) is 2. The highest BCUT2D eigenvalue weighted by Gasteiger charge is 2.21. The summed E-state index contributed by atoms with van der Waals surface area (Å²) < 4.78 is 5.26. The van der Waals surface area contributed by atoms with Crippen molar-refractivity contribution in [3.05, 3.63) is 96.1 Å². The number of nitrogens with one attached hydrogen (secondary N) is 2. The molecule has 1 aliphatic heterocycles. The molecular weight excluding hydrogens is 422 g/mol. The van der Waals surface area contributed by atoms with Gasteiger partial charge in [-0.15, -0.1) is 0 Å². The highest BCUT2D eigenvalue weighted by Crippen LogP contribution is 2.24. The van der Waals surface area contributed by atoms with E-state index in [2.05, 4.69) is 58.0 Å². The van der Waals surface area contributed by atoms with Crippen molar-refractivity contribution in [2.75, 3.05) is 32.1 Å². The lowest BCUT2D eigenvalue weighted by atomic mass is 9.90. The smallest absolute Gasteiger partial charge is 0.319 e. The van der Waals surface area contributed by atoms with Gasteiger partial charge in [0.25, 0.3) is 0 Å². The van der Waals surface area contributed by atoms with Crippen molar-refractivity contribution in [3.8, 4) is 5.75 Å². The third-order valence-corrected chi connectivity index (χ3v) is 6.64. The van der Waals surface area contributed by atoms with Gasteiger partial charge in [-0.05, 0) is 68.0 Å². The van der Waals surface area contributed by atoms with Crippen LogP contribution in [0, 0.1) is 5.92 Å². The Kier molecular flexibility index (Phi) is 8.58. The van der Waals surface area contributed by atoms with Crippen LogP contribution >= 0.6 is 0 Å². The Morgan fingerprint density at radius 2 is 1.68 bits per heavy atom. The molecule has 2 N–H and O–H groups in total. The standard InChI is InChI=1S/C29H35N3O2/c1-34-27-14-8-13-26(22-27)30-29(33)31-28(25-11-6-3-7-12-25)17-20-32-18-15-24(16-19-32)21-23-9-4-2-5-10-23/h2-14,22,24,28H,15-21H2,1H3,(H2,30,31,33). The summed E-state index contributed by atoms with van der Waals surface area (Å²) in [4.78, 5) is 15.3. The van der Waals surface area contributed by atoms with E-state index in [1.54, 1.807) is 7.11 Å². The molecule has 5 nitrogen and oxygen atoms in total. The Labute approximate surface area is 203 Å². The second-order valence-electron chi connectivity index (χ2n) is 9.06. The fourth-order valence-electron chi connectivity index (χ4n) is 4.71. The number of anilines is 1. The quantitative estimate of drug-likeness (QED) is 0.420. The van der Waals surface area contributed by atoms with Crippen molar-refractivity contribution in [1.82, 2.24) is 10.2 Å². The zero-order valence-corrected chi connectivity index (χ0v) is 20.0. The summed E-state index contributed by atoms with van der Waals surface area (Å²) in [5.41, 5.74) is 3.28. The number of rotatable bonds is 9. The van der Waals surface area contributed by atoms with Gasteiger partial charge in [0, 0.05) is 18.3 Å². The predicted octanol–water partition coefficient (Wildman–Crippen LogP) is 5.90. The van der Waals surface area contributed by atoms with Crippen LogP contribution in [-0.4, -0.2) is 37.7 Å². The molecule has 2 amide bonds. The minimum atomic E-state index is -0.205. The monoisotopic (exact) mass is 457 g/mol. The van der Waals surface area contributed by atoms with Crippen LogP contribution in [0.2, 0.25) is 0 Å². The van der Waals surface area contributed by atoms with E-state index < -0.39 is 0 Å². The average Bonchev–Trinajstić information content (AvgIpc) is 2.88. The molecule has 5 heteroatoms. The van der Waals surface area contributed by atoms with Crippen LogP contribution in [0.25, 0.3) is 0 Å². The van der Waals surface area contributed by atoms with E-state index in [-0.39, 0.29) is 12.1 Å². The number of benzene rings is 3. The Bertz CT molecular complexity index is 1020. The molecule has 0 saturated carbocycles. The third-order valence-electron chi connectivity index (χ3n) is 6.64. The van der Waals surface area contributed by atoms with Gasteiger partial charge in [0.05, 0.1) is 13.2 Å². The zero-order chi connectivity index (χ0) is 23.6. The third kappa shape index (κ3) is 7.09. The molecule has 0 aliphatic carbocycles. The summed E-state index contributed by atoms with van der Waals surface area (Å²) in [6.45, 7) is 3.21. The summed E-state index contributed by atoms with van der Waals surface area (Å²) in [5.74, 6) is 1.48. The topological polar surface area (TPSA) is 53.6 Å². The number of methoxy groups -OCH3 is 1. The lowest BCUT2D eigenvalue weighted by Crippen LogP contribution is -2.38. The van der Waals surface area contributed by atoms with Crippen molar-refractivity contribution < 1.29 is 9.53 Å². The molecule has 178 valence electrons. The van der Waals surface area contributed by atoms with Crippen LogP contribution in [0.3, 0.4) is 0 Å². The number of carbonyl (C=O) groups excluding carboxylic acids is 1. The van der Waals surface area contributed by atoms with E-state index in [9.17, 15) is 4.79 Å². The van der Waals surface area contributed by atoms with Crippen LogP contribution < -0.4 is 15.4 Å². The van der Waals surface area contributed by atoms with Gasteiger partial charge in [-0.3, -0.25) is 0 Å². The molecule has 34 heavy (non-hydrogen) atoms. The summed E-state index contributed by atoms with van der Waals surface area (Å²) in [7, 11) is 1.62. The van der Waals surface area contributed by atoms with Crippen molar-refractivity contribution in [2.45, 2.75) is 31.7 Å². The van der Waals surface area contributed by atoms with E-state index in [4.69, 9.17) is 4.74 Å². The molecule has 1 unspecified atom stereocenters. The molecule has 0 radical (unpaired) electrons. The van der Waals surface area contributed by atoms with Crippen LogP contribution in [0.4, 0.5) is 10.5 Å². The highest BCUT2D eigenvalue weighted by atomic mass is 16.5. The normalized spacial score (nSPS) is 15.4. The van der Waals surface area contributed by atoms with E-state index >= 15 is 0 Å². The number of piperidine rings is 1. The van der Waals surface area contributed by atoms with Gasteiger partial charge in [0.2, 0.25) is 0 Å². The Morgan fingerprint density at radius 1 is 0.971 bits per heavy atom. The Morgan fingerprint density at radius 3 is 2.38 bits per heavy atom. The van der Waals surface area contributed by atoms with Gasteiger partial charge in [0.15, 0.2) is 0 Å². The van der Waals surface area contributed by atoms with E-state index in [0.29, 0.717) is 11.4 Å². The van der Waals surface area contributed by atoms with Gasteiger partial charge in [-0.2, -0.15) is 0 Å². The molecule has 1 heterocycles. The largest absolute Gasteiger partial charge is 0.497 e. The minimum Gasteiger partial charge on any atom is -0.497 e. The van der Waals surface area contributed by atoms with Gasteiger partial charge >= 0.3 is 6.03 Å². The molecule has 4 rings (SSSR count). The first-order valence-corrected chi connectivity index (χ1v) is 12.2. The average molecular weight is 458 g/mol. The Balaban J connectivity index is 1.30. The molecular formula is C29H35N3O2. The molecule has 3 aromatic rings. The maximum atomic E-state index is 12.8. The number of amides is 2. The van der Waals surface area contributed by atoms with Gasteiger partial charge in [0.1, 0.15) is 5.75 Å². The number of ether oxygens (including phenoxy) is 1. The van der Waals surface area contributed by atoms with Crippen LogP contribution in [0.1, 0.15) is 36.4 Å². The van der Waals surface area contributed by atoms with E-state index in [1.807, 2.05) is 42.5 Å². The summed E-state index contributed by atoms with van der Waals surface area (Å²) in [6, 6.07) is 28.2. The number of likely N-dealkylation sites (tertiary alicyclic amines) is 1. The number of nitrogens with zero attached hydrogens (tertiary/aromatic N) is 1. The van der Waals surface area contributed by atoms with Crippen molar-refractivity contribution in [3.63, 3.8) is 0 Å². The van der Waals surface area contributed by atoms with Gasteiger partial charge < -0.3 is 20.3 Å². The number of urea groups is 1. The second-order valence-corrected chi connectivity index (χ2v) is 9.06. The predicted molar refractivity (Wildman–Crippen MR) is 138 cm³/mol. The van der Waals surface area contributed by atoms with E-state index in [0.717, 1.165) is 37.5 Å². The molecule has 1 aliphatic rings. The lowest BCUT2D eigenvalue weighted by molar-refractivity contribution is 0.176. The molecule has 1 fully saturated rings. The fraction of sp³-hybridized carbons (Fsp3) is 0.345. The first-order valence-electron chi connectivity index (χ1n) is 12.2. The van der Waals surface area contributed by atoms with E-state index in [1.165, 1.54) is 24.8 Å². The first-order chi connectivity index (χ1) is 16.7. The minimum absolute atomic E-state index is 0.0474. The van der Waals surface area contributed by atoms with Crippen molar-refractivity contribution >= 4 is 11.7 Å². The second kappa shape index (κ2) is 12.2. The number of carbonyl (C=O) groups is 1. The summed E-state index contributed by atoms with van der Waals surface area (Å²) >= 11 is 0. The van der Waals surface area contributed by atoms with Crippen LogP contribution in [-0.2, 0) is 6.42 Å². The van der Waals surface area contributed by atoms with Crippen molar-refractivity contribution in [1.29, 1.82) is 0 Å². The molecule has 0 aromatic heterocycles. The maximum absolute atomic E-state index is 12.8. The molecule has 3 aromatic carbocycles. The van der Waals surface area contributed by atoms with Crippen molar-refractivity contribution in [2.24, 2.45) is 5.92 Å².